The molecule has 0 unspecified atom stereocenters. The molecule has 3 aromatic heterocycles. The number of piperidine rings is 1. The summed E-state index contributed by atoms with van der Waals surface area (Å²) in [6, 6.07) is 4.52. The van der Waals surface area contributed by atoms with Gasteiger partial charge in [0.25, 0.3) is 15.6 Å². The second-order valence-electron chi connectivity index (χ2n) is 7.68. The number of aromatic nitrogens is 4. The number of rotatable bonds is 5. The zero-order valence-electron chi connectivity index (χ0n) is 17.6. The zero-order valence-corrected chi connectivity index (χ0v) is 19.1. The van der Waals surface area contributed by atoms with E-state index >= 15 is 0 Å². The van der Waals surface area contributed by atoms with Crippen molar-refractivity contribution in [3.8, 4) is 0 Å². The molecule has 10 nitrogen and oxygen atoms in total. The number of aryl methyl sites for hydroxylation is 2. The molecule has 0 saturated carbocycles. The molecule has 32 heavy (non-hydrogen) atoms. The molecule has 0 aliphatic carbocycles. The smallest absolute Gasteiger partial charge is 0.309 e. The summed E-state index contributed by atoms with van der Waals surface area (Å²) in [5.41, 5.74) is 0.402. The molecule has 0 atom stereocenters. The molecule has 12 heteroatoms. The fraction of sp³-hybridized carbons (Fsp3) is 0.400. The number of sulfonamides is 1. The Labute approximate surface area is 189 Å². The first-order valence-corrected chi connectivity index (χ1v) is 11.8. The van der Waals surface area contributed by atoms with E-state index in [0.717, 1.165) is 0 Å². The van der Waals surface area contributed by atoms with E-state index in [1.165, 1.54) is 27.2 Å². The van der Waals surface area contributed by atoms with Crippen LogP contribution in [0.4, 0.5) is 0 Å². The van der Waals surface area contributed by atoms with Gasteiger partial charge in [-0.25, -0.2) is 18.4 Å². The predicted molar refractivity (Wildman–Crippen MR) is 116 cm³/mol. The molecule has 1 aliphatic heterocycles. The van der Waals surface area contributed by atoms with E-state index in [0.29, 0.717) is 35.0 Å². The third kappa shape index (κ3) is 4.41. The highest BCUT2D eigenvalue weighted by atomic mass is 35.5. The lowest BCUT2D eigenvalue weighted by molar-refractivity contribution is -0.151. The number of esters is 1. The number of pyridine rings is 1. The van der Waals surface area contributed by atoms with E-state index < -0.39 is 21.9 Å². The van der Waals surface area contributed by atoms with Gasteiger partial charge in [-0.2, -0.15) is 4.31 Å². The minimum atomic E-state index is -3.70. The molecular weight excluding hydrogens is 458 g/mol. The highest BCUT2D eigenvalue weighted by molar-refractivity contribution is 7.89. The molecule has 0 amide bonds. The molecule has 0 aromatic carbocycles. The van der Waals surface area contributed by atoms with Crippen molar-refractivity contribution in [1.82, 2.24) is 23.2 Å². The highest BCUT2D eigenvalue weighted by Crippen LogP contribution is 2.24. The fourth-order valence-corrected chi connectivity index (χ4v) is 5.23. The van der Waals surface area contributed by atoms with Gasteiger partial charge < -0.3 is 9.30 Å². The molecule has 0 bridgehead atoms. The first kappa shape index (κ1) is 22.4. The molecule has 1 fully saturated rings. The Morgan fingerprint density at radius 1 is 1.22 bits per heavy atom. The molecule has 0 N–H and O–H groups in total. The minimum Gasteiger partial charge on any atom is -0.459 e. The summed E-state index contributed by atoms with van der Waals surface area (Å²) in [5, 5.41) is 0.417. The van der Waals surface area contributed by atoms with E-state index in [2.05, 4.69) is 9.97 Å². The summed E-state index contributed by atoms with van der Waals surface area (Å²) in [4.78, 5) is 33.1. The van der Waals surface area contributed by atoms with Crippen LogP contribution in [-0.4, -0.2) is 50.7 Å². The maximum absolute atomic E-state index is 12.8. The third-order valence-corrected chi connectivity index (χ3v) is 7.51. The molecule has 4 rings (SSSR count). The lowest BCUT2D eigenvalue weighted by Gasteiger charge is -2.29. The van der Waals surface area contributed by atoms with Crippen LogP contribution in [0.5, 0.6) is 0 Å². The number of imidazole rings is 1. The molecule has 0 spiro atoms. The van der Waals surface area contributed by atoms with E-state index in [1.807, 2.05) is 0 Å². The van der Waals surface area contributed by atoms with Crippen molar-refractivity contribution in [2.24, 2.45) is 13.0 Å². The predicted octanol–water partition coefficient (Wildman–Crippen LogP) is 1.53. The van der Waals surface area contributed by atoms with Crippen LogP contribution < -0.4 is 5.56 Å². The van der Waals surface area contributed by atoms with E-state index in [9.17, 15) is 18.0 Å². The lowest BCUT2D eigenvalue weighted by Crippen LogP contribution is -2.40. The van der Waals surface area contributed by atoms with Crippen molar-refractivity contribution in [3.63, 3.8) is 0 Å². The number of nitrogens with zero attached hydrogens (tertiary/aromatic N) is 5. The minimum absolute atomic E-state index is 0.00785. The largest absolute Gasteiger partial charge is 0.459 e. The van der Waals surface area contributed by atoms with Crippen molar-refractivity contribution in [3.05, 3.63) is 57.5 Å². The van der Waals surface area contributed by atoms with Gasteiger partial charge in [-0.05, 0) is 31.9 Å². The second-order valence-corrected chi connectivity index (χ2v) is 10.0. The Hall–Kier alpha value is -2.76. The number of hydrogen-bond acceptors (Lipinski definition) is 7. The molecular formula is C20H22ClN5O5S. The number of fused-ring (bicyclic) bond motifs is 1. The van der Waals surface area contributed by atoms with Gasteiger partial charge in [0.05, 0.1) is 16.6 Å². The zero-order chi connectivity index (χ0) is 23.0. The summed E-state index contributed by atoms with van der Waals surface area (Å²) in [6.45, 7) is 2.00. The van der Waals surface area contributed by atoms with Gasteiger partial charge in [0, 0.05) is 38.6 Å². The molecule has 4 heterocycles. The van der Waals surface area contributed by atoms with Crippen LogP contribution in [0.2, 0.25) is 5.02 Å². The first-order valence-electron chi connectivity index (χ1n) is 10.00. The molecule has 3 aromatic rings. The molecule has 1 aliphatic rings. The summed E-state index contributed by atoms with van der Waals surface area (Å²) >= 11 is 5.90. The van der Waals surface area contributed by atoms with Crippen LogP contribution in [0.25, 0.3) is 5.65 Å². The average Bonchev–Trinajstić information content (AvgIpc) is 3.12. The number of hydrogen-bond donors (Lipinski definition) is 0. The lowest BCUT2D eigenvalue weighted by atomic mass is 9.98. The second kappa shape index (κ2) is 8.64. The number of carbonyl (C=O) groups is 1. The Balaban J connectivity index is 1.36. The van der Waals surface area contributed by atoms with Gasteiger partial charge in [0.1, 0.15) is 18.1 Å². The third-order valence-electron chi connectivity index (χ3n) is 5.52. The van der Waals surface area contributed by atoms with Crippen LogP contribution in [0.3, 0.4) is 0 Å². The van der Waals surface area contributed by atoms with Crippen LogP contribution >= 0.6 is 11.6 Å². The molecule has 0 radical (unpaired) electrons. The normalized spacial score (nSPS) is 15.8. The van der Waals surface area contributed by atoms with Gasteiger partial charge in [0.2, 0.25) is 0 Å². The summed E-state index contributed by atoms with van der Waals surface area (Å²) in [6.07, 6.45) is 3.64. The monoisotopic (exact) mass is 479 g/mol. The van der Waals surface area contributed by atoms with Gasteiger partial charge >= 0.3 is 5.97 Å². The van der Waals surface area contributed by atoms with Crippen molar-refractivity contribution in [2.45, 2.75) is 31.4 Å². The van der Waals surface area contributed by atoms with E-state index in [4.69, 9.17) is 16.3 Å². The van der Waals surface area contributed by atoms with Gasteiger partial charge in [-0.15, -0.1) is 0 Å². The van der Waals surface area contributed by atoms with Crippen molar-refractivity contribution in [2.75, 3.05) is 13.1 Å². The maximum Gasteiger partial charge on any atom is 0.309 e. The van der Waals surface area contributed by atoms with Crippen LogP contribution in [0, 0.1) is 12.8 Å². The number of ether oxygens (including phenoxy) is 1. The molecule has 170 valence electrons. The number of halogens is 1. The number of carbonyl (C=O) groups excluding carboxylic acids is 1. The van der Waals surface area contributed by atoms with E-state index in [1.54, 1.807) is 30.7 Å². The van der Waals surface area contributed by atoms with Gasteiger partial charge in [0.15, 0.2) is 5.03 Å². The van der Waals surface area contributed by atoms with Crippen molar-refractivity contribution < 1.29 is 17.9 Å². The summed E-state index contributed by atoms with van der Waals surface area (Å²) < 4.78 is 35.2. The SMILES string of the molecule is Cc1nc(S(=O)(=O)N2CCC(C(=O)OCc3cc(=O)n4cc(Cl)ccc4n3)CC2)cn1C. The van der Waals surface area contributed by atoms with Crippen LogP contribution in [0.15, 0.2) is 40.4 Å². The molecule has 1 saturated heterocycles. The maximum atomic E-state index is 12.8. The van der Waals surface area contributed by atoms with Crippen LogP contribution in [0.1, 0.15) is 24.4 Å². The van der Waals surface area contributed by atoms with Crippen molar-refractivity contribution in [1.29, 1.82) is 0 Å². The average molecular weight is 480 g/mol. The topological polar surface area (TPSA) is 116 Å². The van der Waals surface area contributed by atoms with Crippen LogP contribution in [-0.2, 0) is 33.2 Å². The highest BCUT2D eigenvalue weighted by Gasteiger charge is 2.34. The Bertz CT molecular complexity index is 1320. The quantitative estimate of drug-likeness (QED) is 0.509. The Morgan fingerprint density at radius 3 is 2.59 bits per heavy atom. The summed E-state index contributed by atoms with van der Waals surface area (Å²) in [7, 11) is -1.97. The Morgan fingerprint density at radius 2 is 1.94 bits per heavy atom. The van der Waals surface area contributed by atoms with Gasteiger partial charge in [-0.3, -0.25) is 14.0 Å². The van der Waals surface area contributed by atoms with Crippen molar-refractivity contribution >= 4 is 33.2 Å². The van der Waals surface area contributed by atoms with E-state index in [-0.39, 0.29) is 30.3 Å². The first-order chi connectivity index (χ1) is 15.1. The standard InChI is InChI=1S/C20H22ClN5O5S/c1-13-22-18(11-24(13)2)32(29,30)25-7-5-14(6-8-25)20(28)31-12-16-9-19(27)26-10-15(21)3-4-17(26)23-16/h3-4,9-11,14H,5-8,12H2,1-2H3. The fourth-order valence-electron chi connectivity index (χ4n) is 3.58. The Kier molecular flexibility index (Phi) is 6.06. The van der Waals surface area contributed by atoms with Gasteiger partial charge in [-0.1, -0.05) is 11.6 Å². The summed E-state index contributed by atoms with van der Waals surface area (Å²) in [5.74, 6) is -0.256.